The molecule has 0 aromatic carbocycles. The largest absolute Gasteiger partial charge is 0.574 e. The normalized spacial score (nSPS) is 11.5. The van der Waals surface area contributed by atoms with Crippen molar-refractivity contribution < 1.29 is 22.3 Å². The van der Waals surface area contributed by atoms with E-state index in [0.717, 1.165) is 6.20 Å². The molecule has 0 unspecified atom stereocenters. The second-order valence-corrected chi connectivity index (χ2v) is 3.15. The van der Waals surface area contributed by atoms with Crippen molar-refractivity contribution in [3.8, 4) is 5.88 Å². The van der Waals surface area contributed by atoms with Gasteiger partial charge in [-0.2, -0.15) is 0 Å². The number of nitrogens with zero attached hydrogens (tertiary/aromatic N) is 1. The van der Waals surface area contributed by atoms with Gasteiger partial charge in [0.2, 0.25) is 5.88 Å². The van der Waals surface area contributed by atoms with Crippen LogP contribution in [0.2, 0.25) is 0 Å². The van der Waals surface area contributed by atoms with Crippen molar-refractivity contribution in [1.29, 1.82) is 0 Å². The fourth-order valence-corrected chi connectivity index (χ4v) is 0.866. The lowest BCUT2D eigenvalue weighted by Crippen LogP contribution is -2.18. The van der Waals surface area contributed by atoms with E-state index in [9.17, 15) is 17.6 Å². The van der Waals surface area contributed by atoms with Crippen molar-refractivity contribution in [2.45, 2.75) is 6.36 Å². The fraction of sp³-hybridized carbons (Fsp3) is 0.167. The van der Waals surface area contributed by atoms with Crippen LogP contribution in [-0.4, -0.2) is 11.3 Å². The Labute approximate surface area is 84.1 Å². The summed E-state index contributed by atoms with van der Waals surface area (Å²) in [5, 5.41) is 0. The first kappa shape index (κ1) is 10.5. The van der Waals surface area contributed by atoms with Gasteiger partial charge in [0.1, 0.15) is 5.82 Å². The van der Waals surface area contributed by atoms with Gasteiger partial charge in [0.05, 0.1) is 3.57 Å². The van der Waals surface area contributed by atoms with Crippen LogP contribution in [0.3, 0.4) is 0 Å². The molecule has 13 heavy (non-hydrogen) atoms. The highest BCUT2D eigenvalue weighted by molar-refractivity contribution is 14.1. The summed E-state index contributed by atoms with van der Waals surface area (Å²) >= 11 is 1.60. The minimum atomic E-state index is -4.84. The number of rotatable bonds is 1. The lowest BCUT2D eigenvalue weighted by atomic mass is 10.5. The van der Waals surface area contributed by atoms with Crippen molar-refractivity contribution in [2.24, 2.45) is 0 Å². The third kappa shape index (κ3) is 3.33. The summed E-state index contributed by atoms with van der Waals surface area (Å²) in [6.45, 7) is 0. The first-order valence-electron chi connectivity index (χ1n) is 2.95. The van der Waals surface area contributed by atoms with E-state index < -0.39 is 18.1 Å². The van der Waals surface area contributed by atoms with E-state index in [2.05, 4.69) is 9.72 Å². The molecule has 2 nitrogen and oxygen atoms in total. The lowest BCUT2D eigenvalue weighted by Gasteiger charge is -2.07. The van der Waals surface area contributed by atoms with E-state index in [4.69, 9.17) is 0 Å². The molecule has 0 fully saturated rings. The summed E-state index contributed by atoms with van der Waals surface area (Å²) in [4.78, 5) is 3.23. The Morgan fingerprint density at radius 2 is 2.00 bits per heavy atom. The fourth-order valence-electron chi connectivity index (χ4n) is 0.571. The summed E-state index contributed by atoms with van der Waals surface area (Å²) in [7, 11) is 0. The molecule has 1 rings (SSSR count). The maximum Gasteiger partial charge on any atom is 0.574 e. The van der Waals surface area contributed by atoms with Crippen LogP contribution < -0.4 is 4.74 Å². The van der Waals surface area contributed by atoms with E-state index >= 15 is 0 Å². The third-order valence-corrected chi connectivity index (χ3v) is 1.80. The molecule has 1 aromatic heterocycles. The minimum absolute atomic E-state index is 0.132. The Morgan fingerprint density at radius 1 is 1.38 bits per heavy atom. The monoisotopic (exact) mass is 307 g/mol. The van der Waals surface area contributed by atoms with Crippen LogP contribution in [0.15, 0.2) is 12.3 Å². The molecule has 0 bridgehead atoms. The van der Waals surface area contributed by atoms with Gasteiger partial charge in [-0.05, 0) is 22.6 Å². The highest BCUT2D eigenvalue weighted by Gasteiger charge is 2.31. The van der Waals surface area contributed by atoms with Gasteiger partial charge in [-0.1, -0.05) is 0 Å². The Balaban J connectivity index is 2.86. The third-order valence-electron chi connectivity index (χ3n) is 1.00. The molecule has 0 spiro atoms. The Kier molecular flexibility index (Phi) is 2.94. The van der Waals surface area contributed by atoms with Crippen molar-refractivity contribution in [2.75, 3.05) is 0 Å². The van der Waals surface area contributed by atoms with Crippen LogP contribution in [0.25, 0.3) is 0 Å². The molecule has 0 saturated carbocycles. The SMILES string of the molecule is Fc1cc(OC(F)(F)F)ncc1I. The summed E-state index contributed by atoms with van der Waals surface area (Å²) in [6.07, 6.45) is -3.89. The highest BCUT2D eigenvalue weighted by atomic mass is 127. The molecule has 0 amide bonds. The molecule has 1 aromatic rings. The minimum Gasteiger partial charge on any atom is -0.388 e. The van der Waals surface area contributed by atoms with Crippen LogP contribution in [-0.2, 0) is 0 Å². The van der Waals surface area contributed by atoms with Crippen LogP contribution >= 0.6 is 22.6 Å². The maximum absolute atomic E-state index is 12.7. The standard InChI is InChI=1S/C6H2F4INO/c7-3-1-5(12-2-4(3)11)13-6(8,9)10/h1-2H. The first-order valence-corrected chi connectivity index (χ1v) is 4.03. The number of aromatic nitrogens is 1. The van der Waals surface area contributed by atoms with Crippen LogP contribution in [0.5, 0.6) is 5.88 Å². The number of hydrogen-bond acceptors (Lipinski definition) is 2. The number of hydrogen-bond donors (Lipinski definition) is 0. The maximum atomic E-state index is 12.7. The smallest absolute Gasteiger partial charge is 0.388 e. The average molecular weight is 307 g/mol. The van der Waals surface area contributed by atoms with Gasteiger partial charge in [-0.3, -0.25) is 0 Å². The lowest BCUT2D eigenvalue weighted by molar-refractivity contribution is -0.276. The molecule has 7 heteroatoms. The molecule has 0 atom stereocenters. The molecular weight excluding hydrogens is 305 g/mol. The van der Waals surface area contributed by atoms with Gasteiger partial charge in [-0.15, -0.1) is 13.2 Å². The van der Waals surface area contributed by atoms with E-state index in [1.54, 1.807) is 22.6 Å². The predicted octanol–water partition coefficient (Wildman–Crippen LogP) is 2.72. The Hall–Kier alpha value is -0.600. The van der Waals surface area contributed by atoms with Crippen molar-refractivity contribution >= 4 is 22.6 Å². The number of pyridine rings is 1. The van der Waals surface area contributed by atoms with Crippen molar-refractivity contribution in [3.63, 3.8) is 0 Å². The second-order valence-electron chi connectivity index (χ2n) is 1.98. The molecule has 0 radical (unpaired) electrons. The second kappa shape index (κ2) is 3.64. The Morgan fingerprint density at radius 3 is 2.46 bits per heavy atom. The van der Waals surface area contributed by atoms with E-state index in [0.29, 0.717) is 6.07 Å². The van der Waals surface area contributed by atoms with Gasteiger partial charge in [-0.25, -0.2) is 9.37 Å². The van der Waals surface area contributed by atoms with Crippen molar-refractivity contribution in [3.05, 3.63) is 21.7 Å². The molecule has 0 aliphatic carbocycles. The summed E-state index contributed by atoms with van der Waals surface area (Å²) < 4.78 is 50.9. The molecule has 0 aliphatic heterocycles. The van der Waals surface area contributed by atoms with Crippen molar-refractivity contribution in [1.82, 2.24) is 4.98 Å². The average Bonchev–Trinajstić information content (AvgIpc) is 1.94. The first-order chi connectivity index (χ1) is 5.88. The topological polar surface area (TPSA) is 22.1 Å². The number of halogens is 5. The van der Waals surface area contributed by atoms with Gasteiger partial charge >= 0.3 is 6.36 Å². The quantitative estimate of drug-likeness (QED) is 0.588. The zero-order chi connectivity index (χ0) is 10.1. The number of alkyl halides is 3. The highest BCUT2D eigenvalue weighted by Crippen LogP contribution is 2.22. The molecular formula is C6H2F4INO. The molecule has 1 heterocycles. The van der Waals surface area contributed by atoms with Gasteiger partial charge in [0.25, 0.3) is 0 Å². The molecule has 72 valence electrons. The summed E-state index contributed by atoms with van der Waals surface area (Å²) in [5.74, 6) is -1.60. The van der Waals surface area contributed by atoms with Gasteiger partial charge in [0.15, 0.2) is 0 Å². The van der Waals surface area contributed by atoms with E-state index in [1.807, 2.05) is 0 Å². The zero-order valence-corrected chi connectivity index (χ0v) is 8.06. The Bertz CT molecular complexity index is 314. The number of ether oxygens (including phenoxy) is 1. The zero-order valence-electron chi connectivity index (χ0n) is 5.90. The van der Waals surface area contributed by atoms with Crippen LogP contribution in [0.1, 0.15) is 0 Å². The van der Waals surface area contributed by atoms with Gasteiger partial charge < -0.3 is 4.74 Å². The van der Waals surface area contributed by atoms with Gasteiger partial charge in [0, 0.05) is 12.3 Å². The van der Waals surface area contributed by atoms with E-state index in [-0.39, 0.29) is 3.57 Å². The molecule has 0 aliphatic rings. The predicted molar refractivity (Wildman–Crippen MR) is 43.6 cm³/mol. The van der Waals surface area contributed by atoms with Crippen LogP contribution in [0.4, 0.5) is 17.6 Å². The van der Waals surface area contributed by atoms with E-state index in [1.165, 1.54) is 0 Å². The molecule has 0 saturated heterocycles. The summed E-state index contributed by atoms with van der Waals surface area (Å²) in [6, 6.07) is 0.579. The van der Waals surface area contributed by atoms with Crippen LogP contribution in [0, 0.1) is 9.39 Å². The summed E-state index contributed by atoms with van der Waals surface area (Å²) in [5.41, 5.74) is 0. The molecule has 0 N–H and O–H groups in total.